The first-order valence-corrected chi connectivity index (χ1v) is 6.99. The van der Waals surface area contributed by atoms with Gasteiger partial charge in [0, 0.05) is 11.1 Å². The average Bonchev–Trinajstić information content (AvgIpc) is 2.78. The Morgan fingerprint density at radius 2 is 1.90 bits per heavy atom. The molecule has 0 bridgehead atoms. The molecule has 2 aromatic carbocycles. The van der Waals surface area contributed by atoms with Gasteiger partial charge in [-0.2, -0.15) is 5.26 Å². The fraction of sp³-hybridized carbons (Fsp3) is 0.0625. The van der Waals surface area contributed by atoms with Crippen LogP contribution in [-0.2, 0) is 0 Å². The van der Waals surface area contributed by atoms with Gasteiger partial charge in [0.1, 0.15) is 22.2 Å². The predicted octanol–water partition coefficient (Wildman–Crippen LogP) is 4.41. The van der Waals surface area contributed by atoms with Crippen LogP contribution in [0.3, 0.4) is 0 Å². The smallest absolute Gasteiger partial charge is 0.123 e. The van der Waals surface area contributed by atoms with Crippen LogP contribution in [0.5, 0.6) is 5.75 Å². The molecule has 0 atom stereocenters. The molecule has 0 amide bonds. The SMILES string of the molecule is COc1ccc2c(c1)c(C#N)c(Br)n2-c1ccc(F)cc1. The van der Waals surface area contributed by atoms with Crippen LogP contribution >= 0.6 is 15.9 Å². The number of hydrogen-bond acceptors (Lipinski definition) is 2. The van der Waals surface area contributed by atoms with Gasteiger partial charge in [-0.15, -0.1) is 0 Å². The van der Waals surface area contributed by atoms with E-state index in [4.69, 9.17) is 4.74 Å². The van der Waals surface area contributed by atoms with Crippen molar-refractivity contribution >= 4 is 26.8 Å². The summed E-state index contributed by atoms with van der Waals surface area (Å²) in [5.74, 6) is 0.385. The van der Waals surface area contributed by atoms with Crippen molar-refractivity contribution in [3.63, 3.8) is 0 Å². The number of benzene rings is 2. The van der Waals surface area contributed by atoms with Crippen molar-refractivity contribution in [2.24, 2.45) is 0 Å². The molecule has 0 aliphatic carbocycles. The summed E-state index contributed by atoms with van der Waals surface area (Å²) in [5.41, 5.74) is 2.15. The molecule has 3 aromatic rings. The summed E-state index contributed by atoms with van der Waals surface area (Å²) in [5, 5.41) is 10.2. The van der Waals surface area contributed by atoms with Crippen LogP contribution in [0.2, 0.25) is 0 Å². The number of aromatic nitrogens is 1. The van der Waals surface area contributed by atoms with Gasteiger partial charge < -0.3 is 9.30 Å². The Bertz CT molecular complexity index is 863. The van der Waals surface area contributed by atoms with Gasteiger partial charge in [-0.3, -0.25) is 0 Å². The van der Waals surface area contributed by atoms with Crippen LogP contribution in [0.15, 0.2) is 47.1 Å². The van der Waals surface area contributed by atoms with Crippen molar-refractivity contribution in [2.75, 3.05) is 7.11 Å². The number of fused-ring (bicyclic) bond motifs is 1. The molecule has 0 radical (unpaired) electrons. The quantitative estimate of drug-likeness (QED) is 0.690. The second-order valence-electron chi connectivity index (χ2n) is 4.47. The lowest BCUT2D eigenvalue weighted by atomic mass is 10.2. The average molecular weight is 345 g/mol. The standard InChI is InChI=1S/C16H10BrFN2O/c1-21-12-6-7-15-13(8-12)14(9-19)16(17)20(15)11-4-2-10(18)3-5-11/h2-8H,1H3. The van der Waals surface area contributed by atoms with Gasteiger partial charge in [0.25, 0.3) is 0 Å². The normalized spacial score (nSPS) is 10.6. The zero-order valence-electron chi connectivity index (χ0n) is 11.1. The largest absolute Gasteiger partial charge is 0.497 e. The molecule has 3 rings (SSSR count). The van der Waals surface area contributed by atoms with Crippen molar-refractivity contribution in [1.82, 2.24) is 4.57 Å². The molecule has 0 fully saturated rings. The van der Waals surface area contributed by atoms with E-state index in [0.717, 1.165) is 16.6 Å². The van der Waals surface area contributed by atoms with Crippen LogP contribution in [0.4, 0.5) is 4.39 Å². The van der Waals surface area contributed by atoms with Crippen LogP contribution < -0.4 is 4.74 Å². The fourth-order valence-corrected chi connectivity index (χ4v) is 3.01. The number of hydrogen-bond donors (Lipinski definition) is 0. The van der Waals surface area contributed by atoms with E-state index in [1.807, 2.05) is 22.8 Å². The second-order valence-corrected chi connectivity index (χ2v) is 5.22. The Morgan fingerprint density at radius 1 is 1.19 bits per heavy atom. The van der Waals surface area contributed by atoms with Gasteiger partial charge in [-0.05, 0) is 58.4 Å². The molecule has 21 heavy (non-hydrogen) atoms. The minimum Gasteiger partial charge on any atom is -0.497 e. The number of ether oxygens (including phenoxy) is 1. The number of nitriles is 1. The van der Waals surface area contributed by atoms with Crippen molar-refractivity contribution in [2.45, 2.75) is 0 Å². The van der Waals surface area contributed by atoms with Gasteiger partial charge in [-0.1, -0.05) is 0 Å². The highest BCUT2D eigenvalue weighted by Gasteiger charge is 2.17. The van der Waals surface area contributed by atoms with Gasteiger partial charge >= 0.3 is 0 Å². The van der Waals surface area contributed by atoms with E-state index in [1.165, 1.54) is 12.1 Å². The number of nitrogens with zero attached hydrogens (tertiary/aromatic N) is 2. The highest BCUT2D eigenvalue weighted by molar-refractivity contribution is 9.10. The van der Waals surface area contributed by atoms with E-state index in [-0.39, 0.29) is 5.82 Å². The summed E-state index contributed by atoms with van der Waals surface area (Å²) in [6.07, 6.45) is 0. The Labute approximate surface area is 129 Å². The van der Waals surface area contributed by atoms with E-state index in [0.29, 0.717) is 15.9 Å². The third-order valence-electron chi connectivity index (χ3n) is 3.31. The number of rotatable bonds is 2. The Hall–Kier alpha value is -2.32. The summed E-state index contributed by atoms with van der Waals surface area (Å²) in [7, 11) is 1.58. The van der Waals surface area contributed by atoms with Crippen molar-refractivity contribution in [3.8, 4) is 17.5 Å². The molecule has 3 nitrogen and oxygen atoms in total. The summed E-state index contributed by atoms with van der Waals surface area (Å²) >= 11 is 3.46. The maximum atomic E-state index is 13.1. The Balaban J connectivity index is 2.35. The monoisotopic (exact) mass is 344 g/mol. The van der Waals surface area contributed by atoms with Gasteiger partial charge in [0.2, 0.25) is 0 Å². The van der Waals surface area contributed by atoms with Crippen LogP contribution in [0.25, 0.3) is 16.6 Å². The zero-order valence-corrected chi connectivity index (χ0v) is 12.7. The highest BCUT2D eigenvalue weighted by atomic mass is 79.9. The van der Waals surface area contributed by atoms with Gasteiger partial charge in [-0.25, -0.2) is 4.39 Å². The lowest BCUT2D eigenvalue weighted by Crippen LogP contribution is -1.94. The van der Waals surface area contributed by atoms with Crippen LogP contribution in [-0.4, -0.2) is 11.7 Å². The predicted molar refractivity (Wildman–Crippen MR) is 82.2 cm³/mol. The lowest BCUT2D eigenvalue weighted by molar-refractivity contribution is 0.415. The van der Waals surface area contributed by atoms with E-state index in [9.17, 15) is 9.65 Å². The molecule has 5 heteroatoms. The highest BCUT2D eigenvalue weighted by Crippen LogP contribution is 2.34. The fourth-order valence-electron chi connectivity index (χ4n) is 2.31. The maximum Gasteiger partial charge on any atom is 0.123 e. The molecule has 0 aliphatic rings. The summed E-state index contributed by atoms with van der Waals surface area (Å²) in [6.45, 7) is 0. The summed E-state index contributed by atoms with van der Waals surface area (Å²) in [6, 6.07) is 13.8. The number of methoxy groups -OCH3 is 1. The molecule has 104 valence electrons. The molecule has 1 aromatic heterocycles. The molecule has 1 heterocycles. The third kappa shape index (κ3) is 2.18. The van der Waals surface area contributed by atoms with E-state index in [1.54, 1.807) is 19.2 Å². The van der Waals surface area contributed by atoms with Gasteiger partial charge in [0.15, 0.2) is 0 Å². The topological polar surface area (TPSA) is 37.9 Å². The Kier molecular flexibility index (Phi) is 3.40. The van der Waals surface area contributed by atoms with E-state index in [2.05, 4.69) is 22.0 Å². The molecule has 0 saturated carbocycles. The zero-order chi connectivity index (χ0) is 15.0. The van der Waals surface area contributed by atoms with Crippen LogP contribution in [0.1, 0.15) is 5.56 Å². The second kappa shape index (κ2) is 5.23. The van der Waals surface area contributed by atoms with Gasteiger partial charge in [0.05, 0.1) is 18.2 Å². The molecular weight excluding hydrogens is 335 g/mol. The maximum absolute atomic E-state index is 13.1. The molecule has 0 saturated heterocycles. The molecular formula is C16H10BrFN2O. The number of halogens is 2. The van der Waals surface area contributed by atoms with Crippen molar-refractivity contribution in [1.29, 1.82) is 5.26 Å². The van der Waals surface area contributed by atoms with Crippen molar-refractivity contribution < 1.29 is 9.13 Å². The summed E-state index contributed by atoms with van der Waals surface area (Å²) < 4.78 is 20.8. The Morgan fingerprint density at radius 3 is 2.52 bits per heavy atom. The first kappa shape index (κ1) is 13.7. The van der Waals surface area contributed by atoms with E-state index >= 15 is 0 Å². The minimum absolute atomic E-state index is 0.298. The first-order valence-electron chi connectivity index (χ1n) is 6.19. The molecule has 0 spiro atoms. The minimum atomic E-state index is -0.298. The molecule has 0 aliphatic heterocycles. The summed E-state index contributed by atoms with van der Waals surface area (Å²) in [4.78, 5) is 0. The van der Waals surface area contributed by atoms with E-state index < -0.39 is 0 Å². The lowest BCUT2D eigenvalue weighted by Gasteiger charge is -2.07. The molecule has 0 N–H and O–H groups in total. The van der Waals surface area contributed by atoms with Crippen LogP contribution in [0, 0.1) is 17.1 Å². The first-order chi connectivity index (χ1) is 10.2. The molecule has 0 unspecified atom stereocenters. The van der Waals surface area contributed by atoms with Crippen molar-refractivity contribution in [3.05, 3.63) is 58.4 Å². The third-order valence-corrected chi connectivity index (χ3v) is 4.06.